The molecule has 1 aromatic carbocycles. The van der Waals surface area contributed by atoms with Crippen LogP contribution in [0.1, 0.15) is 6.42 Å². The van der Waals surface area contributed by atoms with Gasteiger partial charge in [-0.15, -0.1) is 0 Å². The highest BCUT2D eigenvalue weighted by Crippen LogP contribution is 2.20. The molecule has 1 saturated heterocycles. The van der Waals surface area contributed by atoms with Crippen LogP contribution in [0.2, 0.25) is 0 Å². The van der Waals surface area contributed by atoms with Crippen LogP contribution in [0.3, 0.4) is 0 Å². The molecule has 1 unspecified atom stereocenters. The maximum Gasteiger partial charge on any atom is 0.137 e. The van der Waals surface area contributed by atoms with E-state index in [1.807, 2.05) is 18.2 Å². The molecule has 0 spiro atoms. The molecule has 1 aromatic heterocycles. The SMILES string of the molecule is CN1CCC(CNc2ncnc3ccccc23)C1. The molecule has 4 heteroatoms. The van der Waals surface area contributed by atoms with Gasteiger partial charge < -0.3 is 10.2 Å². The number of fused-ring (bicyclic) bond motifs is 1. The van der Waals surface area contributed by atoms with Crippen LogP contribution in [-0.2, 0) is 0 Å². The predicted molar refractivity (Wildman–Crippen MR) is 73.6 cm³/mol. The van der Waals surface area contributed by atoms with Gasteiger partial charge in [0.25, 0.3) is 0 Å². The van der Waals surface area contributed by atoms with Crippen molar-refractivity contribution in [2.45, 2.75) is 6.42 Å². The summed E-state index contributed by atoms with van der Waals surface area (Å²) in [5.74, 6) is 1.68. The molecule has 0 radical (unpaired) electrons. The molecule has 18 heavy (non-hydrogen) atoms. The number of hydrogen-bond acceptors (Lipinski definition) is 4. The third-order valence-electron chi connectivity index (χ3n) is 3.59. The molecular formula is C14H18N4. The van der Waals surface area contributed by atoms with Gasteiger partial charge in [-0.1, -0.05) is 12.1 Å². The van der Waals surface area contributed by atoms with Gasteiger partial charge in [-0.2, -0.15) is 0 Å². The average molecular weight is 242 g/mol. The summed E-state index contributed by atoms with van der Waals surface area (Å²) in [4.78, 5) is 11.0. The maximum atomic E-state index is 4.35. The highest BCUT2D eigenvalue weighted by molar-refractivity contribution is 5.88. The molecule has 0 amide bonds. The number of nitrogens with zero attached hydrogens (tertiary/aromatic N) is 3. The van der Waals surface area contributed by atoms with Gasteiger partial charge in [-0.05, 0) is 38.1 Å². The molecule has 2 heterocycles. The lowest BCUT2D eigenvalue weighted by molar-refractivity contribution is 0.399. The number of rotatable bonds is 3. The van der Waals surface area contributed by atoms with E-state index < -0.39 is 0 Å². The summed E-state index contributed by atoms with van der Waals surface area (Å²) in [7, 11) is 2.18. The first kappa shape index (κ1) is 11.4. The van der Waals surface area contributed by atoms with Crippen molar-refractivity contribution < 1.29 is 0 Å². The van der Waals surface area contributed by atoms with Crippen LogP contribution in [-0.4, -0.2) is 41.5 Å². The van der Waals surface area contributed by atoms with Crippen molar-refractivity contribution >= 4 is 16.7 Å². The van der Waals surface area contributed by atoms with E-state index >= 15 is 0 Å². The van der Waals surface area contributed by atoms with Gasteiger partial charge in [0, 0.05) is 18.5 Å². The largest absolute Gasteiger partial charge is 0.369 e. The van der Waals surface area contributed by atoms with Crippen molar-refractivity contribution in [2.75, 3.05) is 32.0 Å². The second-order valence-electron chi connectivity index (χ2n) is 5.04. The van der Waals surface area contributed by atoms with Crippen LogP contribution in [0.15, 0.2) is 30.6 Å². The van der Waals surface area contributed by atoms with E-state index in [1.165, 1.54) is 19.5 Å². The van der Waals surface area contributed by atoms with Crippen LogP contribution >= 0.6 is 0 Å². The van der Waals surface area contributed by atoms with Gasteiger partial charge in [-0.3, -0.25) is 0 Å². The molecule has 0 bridgehead atoms. The summed E-state index contributed by atoms with van der Waals surface area (Å²) >= 11 is 0. The van der Waals surface area contributed by atoms with E-state index in [-0.39, 0.29) is 0 Å². The first-order valence-corrected chi connectivity index (χ1v) is 6.45. The molecule has 0 saturated carbocycles. The molecule has 1 aliphatic heterocycles. The summed E-state index contributed by atoms with van der Waals surface area (Å²) < 4.78 is 0. The monoisotopic (exact) mass is 242 g/mol. The van der Waals surface area contributed by atoms with E-state index in [0.717, 1.165) is 29.2 Å². The zero-order valence-electron chi connectivity index (χ0n) is 10.6. The van der Waals surface area contributed by atoms with Crippen molar-refractivity contribution in [2.24, 2.45) is 5.92 Å². The van der Waals surface area contributed by atoms with Gasteiger partial charge in [0.2, 0.25) is 0 Å². The second kappa shape index (κ2) is 4.90. The quantitative estimate of drug-likeness (QED) is 0.893. The summed E-state index contributed by atoms with van der Waals surface area (Å²) in [6, 6.07) is 8.12. The van der Waals surface area contributed by atoms with Gasteiger partial charge >= 0.3 is 0 Å². The van der Waals surface area contributed by atoms with E-state index in [1.54, 1.807) is 6.33 Å². The van der Waals surface area contributed by atoms with Gasteiger partial charge in [0.15, 0.2) is 0 Å². The number of anilines is 1. The number of aromatic nitrogens is 2. The lowest BCUT2D eigenvalue weighted by Crippen LogP contribution is -2.19. The van der Waals surface area contributed by atoms with E-state index in [9.17, 15) is 0 Å². The number of benzene rings is 1. The number of hydrogen-bond donors (Lipinski definition) is 1. The van der Waals surface area contributed by atoms with Crippen LogP contribution in [0.25, 0.3) is 10.9 Å². The zero-order chi connectivity index (χ0) is 12.4. The number of para-hydroxylation sites is 1. The average Bonchev–Trinajstić information content (AvgIpc) is 2.82. The summed E-state index contributed by atoms with van der Waals surface area (Å²) in [5, 5.41) is 4.58. The number of likely N-dealkylation sites (tertiary alicyclic amines) is 1. The zero-order valence-corrected chi connectivity index (χ0v) is 10.6. The molecule has 1 aliphatic rings. The lowest BCUT2D eigenvalue weighted by Gasteiger charge is -2.13. The van der Waals surface area contributed by atoms with Crippen LogP contribution in [0.5, 0.6) is 0 Å². The van der Waals surface area contributed by atoms with Crippen molar-refractivity contribution in [3.05, 3.63) is 30.6 Å². The molecule has 1 atom stereocenters. The van der Waals surface area contributed by atoms with E-state index in [0.29, 0.717) is 0 Å². The Morgan fingerprint density at radius 3 is 3.06 bits per heavy atom. The third kappa shape index (κ3) is 2.29. The molecular weight excluding hydrogens is 224 g/mol. The minimum Gasteiger partial charge on any atom is -0.369 e. The Hall–Kier alpha value is -1.68. The Morgan fingerprint density at radius 2 is 2.22 bits per heavy atom. The standard InChI is InChI=1S/C14H18N4/c1-18-7-6-11(9-18)8-15-14-12-4-2-3-5-13(12)16-10-17-14/h2-5,10-11H,6-9H2,1H3,(H,15,16,17). The van der Waals surface area contributed by atoms with Crippen molar-refractivity contribution in [3.63, 3.8) is 0 Å². The first-order valence-electron chi connectivity index (χ1n) is 6.45. The summed E-state index contributed by atoms with van der Waals surface area (Å²) in [6.07, 6.45) is 2.90. The Kier molecular flexibility index (Phi) is 3.11. The third-order valence-corrected chi connectivity index (χ3v) is 3.59. The van der Waals surface area contributed by atoms with Crippen molar-refractivity contribution in [1.82, 2.24) is 14.9 Å². The molecule has 1 N–H and O–H groups in total. The molecule has 1 fully saturated rings. The second-order valence-corrected chi connectivity index (χ2v) is 5.04. The Bertz CT molecular complexity index is 535. The normalized spacial score (nSPS) is 20.4. The fourth-order valence-electron chi connectivity index (χ4n) is 2.58. The number of nitrogens with one attached hydrogen (secondary N) is 1. The topological polar surface area (TPSA) is 41.0 Å². The van der Waals surface area contributed by atoms with Crippen LogP contribution in [0, 0.1) is 5.92 Å². The Labute approximate surface area is 107 Å². The van der Waals surface area contributed by atoms with Gasteiger partial charge in [0.1, 0.15) is 12.1 Å². The van der Waals surface area contributed by atoms with Gasteiger partial charge in [-0.25, -0.2) is 9.97 Å². The summed E-state index contributed by atoms with van der Waals surface area (Å²) in [6.45, 7) is 3.37. The van der Waals surface area contributed by atoms with Crippen LogP contribution < -0.4 is 5.32 Å². The van der Waals surface area contributed by atoms with Crippen molar-refractivity contribution in [1.29, 1.82) is 0 Å². The molecule has 94 valence electrons. The molecule has 0 aliphatic carbocycles. The smallest absolute Gasteiger partial charge is 0.137 e. The fourth-order valence-corrected chi connectivity index (χ4v) is 2.58. The highest BCUT2D eigenvalue weighted by atomic mass is 15.1. The molecule has 2 aromatic rings. The maximum absolute atomic E-state index is 4.35. The lowest BCUT2D eigenvalue weighted by atomic mass is 10.1. The van der Waals surface area contributed by atoms with Crippen molar-refractivity contribution in [3.8, 4) is 0 Å². The fraction of sp³-hybridized carbons (Fsp3) is 0.429. The Balaban J connectivity index is 1.74. The molecule has 4 nitrogen and oxygen atoms in total. The highest BCUT2D eigenvalue weighted by Gasteiger charge is 2.19. The molecule has 3 rings (SSSR count). The summed E-state index contributed by atoms with van der Waals surface area (Å²) in [5.41, 5.74) is 0.999. The minimum absolute atomic E-state index is 0.726. The predicted octanol–water partition coefficient (Wildman–Crippen LogP) is 1.99. The van der Waals surface area contributed by atoms with Crippen LogP contribution in [0.4, 0.5) is 5.82 Å². The van der Waals surface area contributed by atoms with E-state index in [4.69, 9.17) is 0 Å². The first-order chi connectivity index (χ1) is 8.83. The van der Waals surface area contributed by atoms with E-state index in [2.05, 4.69) is 33.3 Å². The minimum atomic E-state index is 0.726. The Morgan fingerprint density at radius 1 is 1.33 bits per heavy atom. The van der Waals surface area contributed by atoms with Gasteiger partial charge in [0.05, 0.1) is 5.52 Å².